The third-order valence-corrected chi connectivity index (χ3v) is 8.40. The molecule has 5 aromatic rings. The number of anilines is 1. The molecule has 1 saturated heterocycles. The number of ether oxygens (including phenoxy) is 2. The summed E-state index contributed by atoms with van der Waals surface area (Å²) in [5.41, 5.74) is 3.41. The van der Waals surface area contributed by atoms with E-state index in [4.69, 9.17) is 44.3 Å². The molecule has 0 spiro atoms. The van der Waals surface area contributed by atoms with Gasteiger partial charge in [-0.25, -0.2) is 9.69 Å². The Morgan fingerprint density at radius 2 is 1.57 bits per heavy atom. The lowest BCUT2D eigenvalue weighted by molar-refractivity contribution is -0.122. The van der Waals surface area contributed by atoms with Crippen LogP contribution in [-0.2, 0) is 22.8 Å². The molecule has 1 N–H and O–H groups in total. The maximum Gasteiger partial charge on any atom is 0.335 e. The number of hydrogen-bond donors (Lipinski definition) is 1. The number of rotatable bonds is 8. The van der Waals surface area contributed by atoms with Crippen LogP contribution in [0.3, 0.4) is 0 Å². The largest absolute Gasteiger partial charge is 0.489 e. The molecule has 0 unspecified atom stereocenters. The van der Waals surface area contributed by atoms with Crippen LogP contribution in [0.4, 0.5) is 10.5 Å². The van der Waals surface area contributed by atoms with Crippen molar-refractivity contribution in [3.8, 4) is 11.5 Å². The number of fused-ring (bicyclic) bond motifs is 1. The van der Waals surface area contributed by atoms with Crippen molar-refractivity contribution in [3.05, 3.63) is 140 Å². The Kier molecular flexibility index (Phi) is 8.99. The fourth-order valence-corrected chi connectivity index (χ4v) is 5.77. The van der Waals surface area contributed by atoms with E-state index in [1.807, 2.05) is 19.1 Å². The zero-order valence-electron chi connectivity index (χ0n) is 24.4. The molecule has 4 amide bonds. The molecule has 0 atom stereocenters. The van der Waals surface area contributed by atoms with Gasteiger partial charge >= 0.3 is 6.03 Å². The molecule has 46 heavy (non-hydrogen) atoms. The molecule has 0 radical (unpaired) electrons. The SMILES string of the molecule is Cc1ccc2ccccc2c1COc1ccc(/C=C2\C(=O)NC(=O)N(c3ccc(OCc4ccc(Cl)cc4Cl)cc3)C2=O)cc1Cl. The van der Waals surface area contributed by atoms with Crippen LogP contribution in [0.5, 0.6) is 11.5 Å². The second-order valence-electron chi connectivity index (χ2n) is 10.5. The van der Waals surface area contributed by atoms with Crippen LogP contribution in [0.15, 0.2) is 103 Å². The van der Waals surface area contributed by atoms with Gasteiger partial charge in [0.15, 0.2) is 0 Å². The fourth-order valence-electron chi connectivity index (χ4n) is 5.06. The van der Waals surface area contributed by atoms with Crippen molar-refractivity contribution < 1.29 is 23.9 Å². The van der Waals surface area contributed by atoms with Crippen LogP contribution in [-0.4, -0.2) is 17.8 Å². The van der Waals surface area contributed by atoms with Crippen LogP contribution in [0.2, 0.25) is 15.1 Å². The molecule has 6 rings (SSSR count). The maximum absolute atomic E-state index is 13.4. The average Bonchev–Trinajstić information content (AvgIpc) is 3.03. The Balaban J connectivity index is 1.16. The van der Waals surface area contributed by atoms with E-state index in [-0.39, 0.29) is 17.9 Å². The highest BCUT2D eigenvalue weighted by Crippen LogP contribution is 2.31. The number of benzene rings is 5. The first-order valence-electron chi connectivity index (χ1n) is 14.2. The summed E-state index contributed by atoms with van der Waals surface area (Å²) in [5, 5.41) is 5.75. The molecule has 0 aromatic heterocycles. The number of hydrogen-bond acceptors (Lipinski definition) is 5. The van der Waals surface area contributed by atoms with Crippen molar-refractivity contribution in [2.75, 3.05) is 4.90 Å². The number of barbiturate groups is 1. The standard InChI is InChI=1S/C36H25Cl3N2O5/c1-21-6-8-23-4-2-3-5-28(23)30(21)20-46-33-15-7-22(17-32(33)39)16-29-34(42)40-36(44)41(35(29)43)26-11-13-27(14-12-26)45-19-24-9-10-25(37)18-31(24)38/h2-18H,19-20H2,1H3,(H,40,42,44)/b29-16+. The second-order valence-corrected chi connectivity index (χ2v) is 11.8. The van der Waals surface area contributed by atoms with Crippen molar-refractivity contribution >= 4 is 75.2 Å². The highest BCUT2D eigenvalue weighted by molar-refractivity contribution is 6.39. The van der Waals surface area contributed by atoms with Gasteiger partial charge in [-0.1, -0.05) is 83.3 Å². The van der Waals surface area contributed by atoms with Crippen molar-refractivity contribution in [1.29, 1.82) is 0 Å². The Morgan fingerprint density at radius 1 is 0.783 bits per heavy atom. The average molecular weight is 672 g/mol. The monoisotopic (exact) mass is 670 g/mol. The molecular weight excluding hydrogens is 647 g/mol. The van der Waals surface area contributed by atoms with Gasteiger partial charge in [0.1, 0.15) is 30.3 Å². The molecule has 0 bridgehead atoms. The molecule has 5 aromatic carbocycles. The number of halogens is 3. The van der Waals surface area contributed by atoms with Gasteiger partial charge in [0, 0.05) is 21.2 Å². The van der Waals surface area contributed by atoms with E-state index in [0.717, 1.165) is 32.4 Å². The lowest BCUT2D eigenvalue weighted by Crippen LogP contribution is -2.54. The number of imide groups is 2. The predicted octanol–water partition coefficient (Wildman–Crippen LogP) is 8.93. The lowest BCUT2D eigenvalue weighted by Gasteiger charge is -2.26. The molecule has 230 valence electrons. The first kappa shape index (κ1) is 31.2. The summed E-state index contributed by atoms with van der Waals surface area (Å²) in [6.07, 6.45) is 1.38. The quantitative estimate of drug-likeness (QED) is 0.132. The van der Waals surface area contributed by atoms with E-state index in [2.05, 4.69) is 29.6 Å². The minimum atomic E-state index is -0.862. The zero-order valence-corrected chi connectivity index (χ0v) is 26.6. The Hall–Kier alpha value is -4.82. The van der Waals surface area contributed by atoms with Gasteiger partial charge in [0.2, 0.25) is 0 Å². The minimum Gasteiger partial charge on any atom is -0.489 e. The van der Waals surface area contributed by atoms with E-state index in [1.165, 1.54) is 6.08 Å². The van der Waals surface area contributed by atoms with Gasteiger partial charge in [-0.2, -0.15) is 0 Å². The number of aryl methyl sites for hydroxylation is 1. The number of carbonyl (C=O) groups excluding carboxylic acids is 3. The number of carbonyl (C=O) groups is 3. The summed E-state index contributed by atoms with van der Waals surface area (Å²) < 4.78 is 11.9. The molecule has 7 nitrogen and oxygen atoms in total. The van der Waals surface area contributed by atoms with Gasteiger partial charge in [-0.05, 0) is 83.4 Å². The third kappa shape index (κ3) is 6.58. The van der Waals surface area contributed by atoms with Crippen molar-refractivity contribution in [2.24, 2.45) is 0 Å². The van der Waals surface area contributed by atoms with Crippen LogP contribution < -0.4 is 19.7 Å². The molecule has 0 saturated carbocycles. The first-order valence-corrected chi connectivity index (χ1v) is 15.3. The van der Waals surface area contributed by atoms with Gasteiger partial charge < -0.3 is 9.47 Å². The summed E-state index contributed by atoms with van der Waals surface area (Å²) in [6, 6.07) is 27.7. The van der Waals surface area contributed by atoms with Crippen molar-refractivity contribution in [2.45, 2.75) is 20.1 Å². The van der Waals surface area contributed by atoms with E-state index in [0.29, 0.717) is 38.7 Å². The normalized spacial score (nSPS) is 14.1. The summed E-state index contributed by atoms with van der Waals surface area (Å²) >= 11 is 18.7. The highest BCUT2D eigenvalue weighted by atomic mass is 35.5. The number of nitrogens with zero attached hydrogens (tertiary/aromatic N) is 1. The van der Waals surface area contributed by atoms with E-state index in [1.54, 1.807) is 60.7 Å². The van der Waals surface area contributed by atoms with E-state index >= 15 is 0 Å². The van der Waals surface area contributed by atoms with Crippen LogP contribution in [0.25, 0.3) is 16.8 Å². The maximum atomic E-state index is 13.4. The molecular formula is C36H25Cl3N2O5. The van der Waals surface area contributed by atoms with Gasteiger partial charge in [0.25, 0.3) is 11.8 Å². The Morgan fingerprint density at radius 3 is 2.33 bits per heavy atom. The molecule has 1 aliphatic heterocycles. The number of urea groups is 1. The van der Waals surface area contributed by atoms with Crippen LogP contribution in [0.1, 0.15) is 22.3 Å². The molecule has 0 aliphatic carbocycles. The molecule has 1 fully saturated rings. The zero-order chi connectivity index (χ0) is 32.4. The number of amides is 4. The summed E-state index contributed by atoms with van der Waals surface area (Å²) in [5.74, 6) is -0.653. The highest BCUT2D eigenvalue weighted by Gasteiger charge is 2.36. The molecule has 10 heteroatoms. The minimum absolute atomic E-state index is 0.190. The third-order valence-electron chi connectivity index (χ3n) is 7.52. The Bertz CT molecular complexity index is 2040. The summed E-state index contributed by atoms with van der Waals surface area (Å²) in [6.45, 7) is 2.53. The summed E-state index contributed by atoms with van der Waals surface area (Å²) in [4.78, 5) is 39.8. The topological polar surface area (TPSA) is 84.9 Å². The number of nitrogens with one attached hydrogen (secondary N) is 1. The van der Waals surface area contributed by atoms with E-state index < -0.39 is 17.8 Å². The van der Waals surface area contributed by atoms with Crippen molar-refractivity contribution in [3.63, 3.8) is 0 Å². The molecule has 1 heterocycles. The predicted molar refractivity (Wildman–Crippen MR) is 181 cm³/mol. The summed E-state index contributed by atoms with van der Waals surface area (Å²) in [7, 11) is 0. The van der Waals surface area contributed by atoms with Crippen LogP contribution in [0, 0.1) is 6.92 Å². The van der Waals surface area contributed by atoms with Gasteiger partial charge in [-0.15, -0.1) is 0 Å². The van der Waals surface area contributed by atoms with Gasteiger partial charge in [0.05, 0.1) is 10.7 Å². The fraction of sp³-hybridized carbons (Fsp3) is 0.0833. The molecule has 1 aliphatic rings. The first-order chi connectivity index (χ1) is 22.2. The van der Waals surface area contributed by atoms with Crippen molar-refractivity contribution in [1.82, 2.24) is 5.32 Å². The lowest BCUT2D eigenvalue weighted by atomic mass is 10.0. The van der Waals surface area contributed by atoms with Gasteiger partial charge in [-0.3, -0.25) is 14.9 Å². The smallest absolute Gasteiger partial charge is 0.335 e. The van der Waals surface area contributed by atoms with Crippen LogP contribution >= 0.6 is 34.8 Å². The van der Waals surface area contributed by atoms with E-state index in [9.17, 15) is 14.4 Å². The Labute approximate surface area is 279 Å². The second kappa shape index (κ2) is 13.3.